The molecule has 0 unspecified atom stereocenters. The van der Waals surface area contributed by atoms with Gasteiger partial charge in [-0.2, -0.15) is 0 Å². The fourth-order valence-corrected chi connectivity index (χ4v) is 3.05. The highest BCUT2D eigenvalue weighted by Gasteiger charge is 2.69. The summed E-state index contributed by atoms with van der Waals surface area (Å²) in [6.45, 7) is -1.18. The Morgan fingerprint density at radius 2 is 1.05 bits per heavy atom. The van der Waals surface area contributed by atoms with Crippen LogP contribution in [0.1, 0.15) is 23.0 Å². The molecular formula is C14H14F4O2. The van der Waals surface area contributed by atoms with Crippen LogP contribution in [-0.4, -0.2) is 35.3 Å². The Kier molecular flexibility index (Phi) is 2.89. The van der Waals surface area contributed by atoms with Crippen LogP contribution in [0.3, 0.4) is 0 Å². The summed E-state index contributed by atoms with van der Waals surface area (Å²) >= 11 is 0. The van der Waals surface area contributed by atoms with Gasteiger partial charge in [-0.15, -0.1) is 0 Å². The number of alkyl halides is 4. The molecule has 2 aliphatic carbocycles. The summed E-state index contributed by atoms with van der Waals surface area (Å²) < 4.78 is 53.4. The summed E-state index contributed by atoms with van der Waals surface area (Å²) in [6, 6.07) is 5.64. The van der Waals surface area contributed by atoms with Gasteiger partial charge in [-0.25, -0.2) is 17.6 Å². The first kappa shape index (κ1) is 13.8. The van der Waals surface area contributed by atoms with Crippen LogP contribution in [-0.2, 0) is 0 Å². The molecule has 1 aromatic rings. The van der Waals surface area contributed by atoms with Crippen LogP contribution >= 0.6 is 0 Å². The Bertz CT molecular complexity index is 467. The lowest BCUT2D eigenvalue weighted by atomic mass is 10.0. The fourth-order valence-electron chi connectivity index (χ4n) is 3.05. The highest BCUT2D eigenvalue weighted by molar-refractivity contribution is 5.39. The van der Waals surface area contributed by atoms with Gasteiger partial charge in [0.15, 0.2) is 0 Å². The van der Waals surface area contributed by atoms with E-state index in [2.05, 4.69) is 0 Å². The molecule has 3 rings (SSSR count). The van der Waals surface area contributed by atoms with E-state index >= 15 is 0 Å². The van der Waals surface area contributed by atoms with Crippen molar-refractivity contribution in [1.29, 1.82) is 0 Å². The SMILES string of the molecule is OC[C@H]1[C@H](c2ccc([C@H]3[C@H](CO)C3(F)F)cc2)C1(F)F. The van der Waals surface area contributed by atoms with Crippen LogP contribution in [0, 0.1) is 11.8 Å². The Labute approximate surface area is 113 Å². The van der Waals surface area contributed by atoms with Crippen LogP contribution in [0.25, 0.3) is 0 Å². The van der Waals surface area contributed by atoms with Gasteiger partial charge >= 0.3 is 0 Å². The van der Waals surface area contributed by atoms with Gasteiger partial charge in [0.05, 0.1) is 36.9 Å². The van der Waals surface area contributed by atoms with E-state index in [1.807, 2.05) is 0 Å². The molecule has 2 N–H and O–H groups in total. The fraction of sp³-hybridized carbons (Fsp3) is 0.571. The number of benzene rings is 1. The van der Waals surface area contributed by atoms with Crippen molar-refractivity contribution in [2.75, 3.05) is 13.2 Å². The Hall–Kier alpha value is -1.14. The third kappa shape index (κ3) is 1.78. The molecule has 0 aromatic heterocycles. The lowest BCUT2D eigenvalue weighted by Gasteiger charge is -2.03. The molecule has 4 atom stereocenters. The maximum absolute atomic E-state index is 13.3. The number of halogens is 4. The summed E-state index contributed by atoms with van der Waals surface area (Å²) in [5, 5.41) is 17.7. The zero-order valence-electron chi connectivity index (χ0n) is 10.4. The largest absolute Gasteiger partial charge is 0.396 e. The molecule has 2 fully saturated rings. The topological polar surface area (TPSA) is 40.5 Å². The molecule has 20 heavy (non-hydrogen) atoms. The smallest absolute Gasteiger partial charge is 0.261 e. The molecule has 2 saturated carbocycles. The predicted octanol–water partition coefficient (Wildman–Crippen LogP) is 2.37. The van der Waals surface area contributed by atoms with Gasteiger partial charge in [-0.05, 0) is 11.1 Å². The summed E-state index contributed by atoms with van der Waals surface area (Å²) in [5.41, 5.74) is 0.699. The normalized spacial score (nSPS) is 36.7. The van der Waals surface area contributed by atoms with Gasteiger partial charge in [-0.1, -0.05) is 24.3 Å². The van der Waals surface area contributed by atoms with Crippen molar-refractivity contribution >= 4 is 0 Å². The van der Waals surface area contributed by atoms with E-state index < -0.39 is 48.7 Å². The molecule has 0 saturated heterocycles. The third-order valence-corrected chi connectivity index (χ3v) is 4.45. The molecule has 110 valence electrons. The summed E-state index contributed by atoms with van der Waals surface area (Å²) in [5.74, 6) is -10.1. The Morgan fingerprint density at radius 1 is 0.750 bits per heavy atom. The highest BCUT2D eigenvalue weighted by Crippen LogP contribution is 2.63. The predicted molar refractivity (Wildman–Crippen MR) is 63.0 cm³/mol. The van der Waals surface area contributed by atoms with Crippen molar-refractivity contribution in [3.63, 3.8) is 0 Å². The average molecular weight is 290 g/mol. The van der Waals surface area contributed by atoms with Crippen LogP contribution in [0.5, 0.6) is 0 Å². The third-order valence-electron chi connectivity index (χ3n) is 4.45. The van der Waals surface area contributed by atoms with Gasteiger partial charge < -0.3 is 10.2 Å². The summed E-state index contributed by atoms with van der Waals surface area (Å²) in [4.78, 5) is 0. The van der Waals surface area contributed by atoms with Gasteiger partial charge in [0, 0.05) is 0 Å². The molecule has 6 heteroatoms. The minimum absolute atomic E-state index is 0.349. The van der Waals surface area contributed by atoms with Crippen LogP contribution < -0.4 is 0 Å². The quantitative estimate of drug-likeness (QED) is 0.836. The maximum atomic E-state index is 13.3. The standard InChI is InChI=1S/C14H14F4O2/c15-13(16)9(5-19)11(13)7-1-2-8(4-3-7)12-10(6-20)14(12,17)18/h1-4,9-12,19-20H,5-6H2/t9-,10-,11-,12-/m0/s1. The van der Waals surface area contributed by atoms with Gasteiger partial charge in [0.25, 0.3) is 11.8 Å². The van der Waals surface area contributed by atoms with E-state index in [1.165, 1.54) is 24.3 Å². The van der Waals surface area contributed by atoms with Crippen LogP contribution in [0.2, 0.25) is 0 Å². The molecular weight excluding hydrogens is 276 g/mol. The second kappa shape index (κ2) is 4.18. The second-order valence-electron chi connectivity index (χ2n) is 5.55. The molecule has 0 spiro atoms. The number of rotatable bonds is 4. The Morgan fingerprint density at radius 3 is 1.25 bits per heavy atom. The monoisotopic (exact) mass is 290 g/mol. The van der Waals surface area contributed by atoms with E-state index in [0.29, 0.717) is 11.1 Å². The molecule has 0 heterocycles. The number of aliphatic hydroxyl groups is 2. The molecule has 0 bridgehead atoms. The first-order valence-electron chi connectivity index (χ1n) is 6.42. The van der Waals surface area contributed by atoms with Crippen molar-refractivity contribution in [3.8, 4) is 0 Å². The second-order valence-corrected chi connectivity index (χ2v) is 5.55. The van der Waals surface area contributed by atoms with Gasteiger partial charge in [0.2, 0.25) is 0 Å². The molecule has 0 aliphatic heterocycles. The molecule has 1 aromatic carbocycles. The van der Waals surface area contributed by atoms with E-state index in [0.717, 1.165) is 0 Å². The first-order chi connectivity index (χ1) is 9.35. The summed E-state index contributed by atoms with van der Waals surface area (Å²) in [6.07, 6.45) is 0. The van der Waals surface area contributed by atoms with Crippen molar-refractivity contribution in [1.82, 2.24) is 0 Å². The number of aliphatic hydroxyl groups excluding tert-OH is 2. The van der Waals surface area contributed by atoms with Crippen molar-refractivity contribution in [3.05, 3.63) is 35.4 Å². The van der Waals surface area contributed by atoms with Crippen molar-refractivity contribution < 1.29 is 27.8 Å². The summed E-state index contributed by atoms with van der Waals surface area (Å²) in [7, 11) is 0. The lowest BCUT2D eigenvalue weighted by molar-refractivity contribution is 0.0774. The maximum Gasteiger partial charge on any atom is 0.261 e. The number of hydrogen-bond donors (Lipinski definition) is 2. The lowest BCUT2D eigenvalue weighted by Crippen LogP contribution is -1.97. The molecule has 0 radical (unpaired) electrons. The minimum Gasteiger partial charge on any atom is -0.396 e. The highest BCUT2D eigenvalue weighted by atomic mass is 19.3. The van der Waals surface area contributed by atoms with E-state index in [4.69, 9.17) is 10.2 Å². The molecule has 0 amide bonds. The van der Waals surface area contributed by atoms with Crippen molar-refractivity contribution in [2.24, 2.45) is 11.8 Å². The van der Waals surface area contributed by atoms with Gasteiger partial charge in [0.1, 0.15) is 0 Å². The van der Waals surface area contributed by atoms with Crippen LogP contribution in [0.15, 0.2) is 24.3 Å². The van der Waals surface area contributed by atoms with E-state index in [1.54, 1.807) is 0 Å². The van der Waals surface area contributed by atoms with E-state index in [-0.39, 0.29) is 0 Å². The van der Waals surface area contributed by atoms with Crippen molar-refractivity contribution in [2.45, 2.75) is 23.7 Å². The van der Waals surface area contributed by atoms with Gasteiger partial charge in [-0.3, -0.25) is 0 Å². The first-order valence-corrected chi connectivity index (χ1v) is 6.42. The Balaban J connectivity index is 1.77. The zero-order valence-corrected chi connectivity index (χ0v) is 10.4. The number of hydrogen-bond acceptors (Lipinski definition) is 2. The zero-order chi connectivity index (χ0) is 14.7. The van der Waals surface area contributed by atoms with Crippen LogP contribution in [0.4, 0.5) is 17.6 Å². The average Bonchev–Trinajstić information content (AvgIpc) is 3.18. The molecule has 2 aliphatic rings. The van der Waals surface area contributed by atoms with E-state index in [9.17, 15) is 17.6 Å². The molecule has 2 nitrogen and oxygen atoms in total. The minimum atomic E-state index is -2.92.